The van der Waals surface area contributed by atoms with Gasteiger partial charge in [0.2, 0.25) is 0 Å². The largest absolute Gasteiger partial charge is 0.453 e. The van der Waals surface area contributed by atoms with Crippen molar-refractivity contribution in [3.8, 4) is 17.6 Å². The Hall–Kier alpha value is -3.89. The number of hydrogen-bond donors (Lipinski definition) is 1. The third-order valence-electron chi connectivity index (χ3n) is 5.22. The van der Waals surface area contributed by atoms with E-state index in [1.54, 1.807) is 28.9 Å². The quantitative estimate of drug-likeness (QED) is 0.474. The van der Waals surface area contributed by atoms with Gasteiger partial charge in [0, 0.05) is 18.5 Å². The average molecular weight is 471 g/mol. The van der Waals surface area contributed by atoms with Gasteiger partial charge in [-0.05, 0) is 36.8 Å². The molecule has 0 amide bonds. The van der Waals surface area contributed by atoms with Gasteiger partial charge in [0.1, 0.15) is 36.2 Å². The van der Waals surface area contributed by atoms with Crippen LogP contribution in [0.3, 0.4) is 0 Å². The van der Waals surface area contributed by atoms with Crippen LogP contribution in [0.1, 0.15) is 12.0 Å². The lowest BCUT2D eigenvalue weighted by molar-refractivity contribution is 0.343. The summed E-state index contributed by atoms with van der Waals surface area (Å²) >= 11 is 0. The summed E-state index contributed by atoms with van der Waals surface area (Å²) in [5.74, 6) is -1.14. The molecule has 2 aromatic heterocycles. The van der Waals surface area contributed by atoms with Crippen molar-refractivity contribution in [2.75, 3.05) is 17.8 Å². The van der Waals surface area contributed by atoms with Gasteiger partial charge in [-0.1, -0.05) is 0 Å². The highest BCUT2D eigenvalue weighted by molar-refractivity contribution is 7.90. The lowest BCUT2D eigenvalue weighted by Gasteiger charge is -2.18. The second-order valence-corrected chi connectivity index (χ2v) is 9.02. The van der Waals surface area contributed by atoms with Crippen LogP contribution in [0.2, 0.25) is 0 Å². The highest BCUT2D eigenvalue weighted by Gasteiger charge is 2.32. The minimum Gasteiger partial charge on any atom is -0.453 e. The van der Waals surface area contributed by atoms with Crippen molar-refractivity contribution < 1.29 is 21.9 Å². The molecule has 4 aromatic rings. The summed E-state index contributed by atoms with van der Waals surface area (Å²) in [5.41, 5.74) is 0.568. The van der Waals surface area contributed by atoms with Crippen LogP contribution in [0, 0.1) is 17.1 Å². The van der Waals surface area contributed by atoms with E-state index in [2.05, 4.69) is 19.9 Å². The third-order valence-corrected chi connectivity index (χ3v) is 6.71. The van der Waals surface area contributed by atoms with Crippen molar-refractivity contribution in [2.24, 2.45) is 0 Å². The minimum absolute atomic E-state index is 0.00512. The summed E-state index contributed by atoms with van der Waals surface area (Å²) in [6, 6.07) is 8.62. The van der Waals surface area contributed by atoms with Gasteiger partial charge in [-0.2, -0.15) is 18.0 Å². The van der Waals surface area contributed by atoms with E-state index < -0.39 is 27.9 Å². The molecule has 1 atom stereocenters. The number of rotatable bonds is 5. The molecule has 1 fully saturated rings. The SMILES string of the molecule is N#Cc1c(NS(=O)(=O)N2CC[C@H](F)C2)ccc(F)c1Oc1ccc2ncn3cnnc3c2c1. The fraction of sp³-hybridized carbons (Fsp3) is 0.200. The zero-order valence-electron chi connectivity index (χ0n) is 16.8. The smallest absolute Gasteiger partial charge is 0.301 e. The fourth-order valence-corrected chi connectivity index (χ4v) is 4.88. The maximum absolute atomic E-state index is 14.7. The topological polar surface area (TPSA) is 126 Å². The molecule has 1 aliphatic rings. The molecule has 0 bridgehead atoms. The molecule has 13 heteroatoms. The van der Waals surface area contributed by atoms with Crippen LogP contribution in [0.25, 0.3) is 16.6 Å². The molecular formula is C20H15F2N7O3S. The zero-order chi connectivity index (χ0) is 23.2. The predicted octanol–water partition coefficient (Wildman–Crippen LogP) is 2.78. The number of nitrogens with zero attached hydrogens (tertiary/aromatic N) is 6. The molecule has 0 aliphatic carbocycles. The van der Waals surface area contributed by atoms with E-state index in [9.17, 15) is 22.5 Å². The van der Waals surface area contributed by atoms with Crippen LogP contribution in [0.5, 0.6) is 11.5 Å². The van der Waals surface area contributed by atoms with Gasteiger partial charge in [-0.3, -0.25) is 9.12 Å². The molecule has 0 radical (unpaired) electrons. The second kappa shape index (κ2) is 7.91. The van der Waals surface area contributed by atoms with Crippen LogP contribution in [0.4, 0.5) is 14.5 Å². The Morgan fingerprint density at radius 1 is 1.24 bits per heavy atom. The Morgan fingerprint density at radius 3 is 2.85 bits per heavy atom. The van der Waals surface area contributed by atoms with Gasteiger partial charge in [0.15, 0.2) is 17.2 Å². The number of ether oxygens (including phenoxy) is 1. The first-order chi connectivity index (χ1) is 15.9. The lowest BCUT2D eigenvalue weighted by atomic mass is 10.1. The van der Waals surface area contributed by atoms with Gasteiger partial charge in [-0.15, -0.1) is 10.2 Å². The van der Waals surface area contributed by atoms with Crippen molar-refractivity contribution in [1.29, 1.82) is 5.26 Å². The zero-order valence-corrected chi connectivity index (χ0v) is 17.6. The number of anilines is 1. The highest BCUT2D eigenvalue weighted by atomic mass is 32.2. The average Bonchev–Trinajstić information content (AvgIpc) is 3.45. The molecule has 1 N–H and O–H groups in total. The summed E-state index contributed by atoms with van der Waals surface area (Å²) in [6.07, 6.45) is 1.85. The van der Waals surface area contributed by atoms with E-state index in [1.165, 1.54) is 12.4 Å². The molecule has 0 spiro atoms. The summed E-state index contributed by atoms with van der Waals surface area (Å²) in [6.45, 7) is -0.283. The summed E-state index contributed by atoms with van der Waals surface area (Å²) in [5, 5.41) is 18.1. The molecular weight excluding hydrogens is 456 g/mol. The van der Waals surface area contributed by atoms with Crippen LogP contribution in [-0.4, -0.2) is 51.6 Å². The molecule has 1 saturated heterocycles. The molecule has 5 rings (SSSR count). The van der Waals surface area contributed by atoms with E-state index in [0.29, 0.717) is 16.6 Å². The Labute approximate surface area is 186 Å². The van der Waals surface area contributed by atoms with Crippen molar-refractivity contribution >= 4 is 32.4 Å². The van der Waals surface area contributed by atoms with Crippen molar-refractivity contribution in [3.63, 3.8) is 0 Å². The molecule has 1 aliphatic heterocycles. The molecule has 2 aromatic carbocycles. The van der Waals surface area contributed by atoms with Gasteiger partial charge >= 0.3 is 10.2 Å². The first-order valence-corrected chi connectivity index (χ1v) is 11.2. The van der Waals surface area contributed by atoms with Crippen molar-refractivity contribution in [2.45, 2.75) is 12.6 Å². The molecule has 3 heterocycles. The summed E-state index contributed by atoms with van der Waals surface area (Å²) in [7, 11) is -4.14. The number of alkyl halides is 1. The summed E-state index contributed by atoms with van der Waals surface area (Å²) in [4.78, 5) is 4.27. The van der Waals surface area contributed by atoms with Crippen LogP contribution < -0.4 is 9.46 Å². The van der Waals surface area contributed by atoms with Crippen LogP contribution in [0.15, 0.2) is 43.0 Å². The maximum atomic E-state index is 14.7. The molecule has 0 saturated carbocycles. The number of halogens is 2. The maximum Gasteiger partial charge on any atom is 0.301 e. The van der Waals surface area contributed by atoms with Crippen molar-refractivity contribution in [1.82, 2.24) is 23.9 Å². The molecule has 0 unspecified atom stereocenters. The number of nitriles is 1. The van der Waals surface area contributed by atoms with Crippen LogP contribution >= 0.6 is 0 Å². The number of aromatic nitrogens is 4. The van der Waals surface area contributed by atoms with E-state index >= 15 is 0 Å². The Bertz CT molecular complexity index is 1530. The lowest BCUT2D eigenvalue weighted by Crippen LogP contribution is -2.34. The highest BCUT2D eigenvalue weighted by Crippen LogP contribution is 2.35. The number of hydrogen-bond acceptors (Lipinski definition) is 7. The number of nitrogens with one attached hydrogen (secondary N) is 1. The van der Waals surface area contributed by atoms with Crippen LogP contribution in [-0.2, 0) is 10.2 Å². The van der Waals surface area contributed by atoms with E-state index in [0.717, 1.165) is 16.4 Å². The predicted molar refractivity (Wildman–Crippen MR) is 113 cm³/mol. The number of fused-ring (bicyclic) bond motifs is 3. The van der Waals surface area contributed by atoms with Gasteiger partial charge < -0.3 is 4.74 Å². The van der Waals surface area contributed by atoms with Gasteiger partial charge in [0.05, 0.1) is 11.2 Å². The number of benzene rings is 2. The molecule has 33 heavy (non-hydrogen) atoms. The van der Waals surface area contributed by atoms with Gasteiger partial charge in [-0.25, -0.2) is 13.8 Å². The van der Waals surface area contributed by atoms with E-state index in [1.807, 2.05) is 0 Å². The standard InChI is InChI=1S/C20H15F2N7O3S/c21-12-5-6-29(9-12)33(30,31)27-18-4-2-16(22)19(15(18)8-23)32-13-1-3-17-14(7-13)20-26-25-11-28(20)10-24-17/h1-4,7,10-12,27H,5-6,9H2/t12-/m0/s1. The van der Waals surface area contributed by atoms with Gasteiger partial charge in [0.25, 0.3) is 0 Å². The van der Waals surface area contributed by atoms with E-state index in [4.69, 9.17) is 4.74 Å². The third kappa shape index (κ3) is 3.79. The molecule has 10 nitrogen and oxygen atoms in total. The molecule has 168 valence electrons. The fourth-order valence-electron chi connectivity index (χ4n) is 3.59. The van der Waals surface area contributed by atoms with E-state index in [-0.39, 0.29) is 36.5 Å². The normalized spacial score (nSPS) is 16.8. The Morgan fingerprint density at radius 2 is 2.09 bits per heavy atom. The first kappa shape index (κ1) is 21.0. The summed E-state index contributed by atoms with van der Waals surface area (Å²) < 4.78 is 63.8. The Balaban J connectivity index is 1.52. The second-order valence-electron chi connectivity index (χ2n) is 7.35. The Kier molecular flexibility index (Phi) is 5.03. The monoisotopic (exact) mass is 471 g/mol. The van der Waals surface area contributed by atoms with Crippen molar-refractivity contribution in [3.05, 3.63) is 54.4 Å². The minimum atomic E-state index is -4.14. The first-order valence-electron chi connectivity index (χ1n) is 9.76.